The molecular formula is C14H18N2O3S. The van der Waals surface area contributed by atoms with E-state index in [2.05, 4.69) is 5.32 Å². The van der Waals surface area contributed by atoms with Crippen molar-refractivity contribution in [3.63, 3.8) is 0 Å². The highest BCUT2D eigenvalue weighted by molar-refractivity contribution is 7.99. The lowest BCUT2D eigenvalue weighted by atomic mass is 10.2. The molecule has 0 heterocycles. The highest BCUT2D eigenvalue weighted by Crippen LogP contribution is 2.28. The fourth-order valence-electron chi connectivity index (χ4n) is 2.28. The van der Waals surface area contributed by atoms with Crippen molar-refractivity contribution in [2.75, 3.05) is 12.3 Å². The minimum Gasteiger partial charge on any atom is -0.351 e. The summed E-state index contributed by atoms with van der Waals surface area (Å²) >= 11 is 1.92. The predicted molar refractivity (Wildman–Crippen MR) is 80.1 cm³/mol. The predicted octanol–water partition coefficient (Wildman–Crippen LogP) is 3.00. The number of amides is 1. The largest absolute Gasteiger partial charge is 0.351 e. The van der Waals surface area contributed by atoms with Crippen molar-refractivity contribution in [2.24, 2.45) is 0 Å². The lowest BCUT2D eigenvalue weighted by molar-refractivity contribution is -0.384. The Bertz CT molecular complexity index is 470. The van der Waals surface area contributed by atoms with E-state index in [1.165, 1.54) is 49.9 Å². The first kappa shape index (κ1) is 14.8. The Labute approximate surface area is 122 Å². The highest BCUT2D eigenvalue weighted by Gasteiger charge is 2.15. The number of carbonyl (C=O) groups is 1. The molecule has 1 fully saturated rings. The van der Waals surface area contributed by atoms with Crippen LogP contribution in [0.4, 0.5) is 5.69 Å². The molecule has 1 N–H and O–H groups in total. The Morgan fingerprint density at radius 2 is 1.95 bits per heavy atom. The molecule has 0 aliphatic heterocycles. The van der Waals surface area contributed by atoms with E-state index >= 15 is 0 Å². The van der Waals surface area contributed by atoms with Gasteiger partial charge >= 0.3 is 0 Å². The van der Waals surface area contributed by atoms with E-state index in [9.17, 15) is 14.9 Å². The second kappa shape index (κ2) is 7.28. The molecule has 1 aromatic rings. The third-order valence-corrected chi connectivity index (χ3v) is 4.77. The maximum atomic E-state index is 11.8. The molecule has 0 radical (unpaired) electrons. The zero-order valence-corrected chi connectivity index (χ0v) is 12.0. The Morgan fingerprint density at radius 3 is 2.55 bits per heavy atom. The van der Waals surface area contributed by atoms with Crippen LogP contribution >= 0.6 is 11.8 Å². The molecular weight excluding hydrogens is 276 g/mol. The summed E-state index contributed by atoms with van der Waals surface area (Å²) in [6.07, 6.45) is 5.24. The van der Waals surface area contributed by atoms with Crippen molar-refractivity contribution in [3.8, 4) is 0 Å². The Morgan fingerprint density at radius 1 is 1.30 bits per heavy atom. The van der Waals surface area contributed by atoms with E-state index in [4.69, 9.17) is 0 Å². The van der Waals surface area contributed by atoms with Crippen LogP contribution in [-0.4, -0.2) is 28.4 Å². The molecule has 1 aliphatic rings. The van der Waals surface area contributed by atoms with Crippen molar-refractivity contribution in [1.29, 1.82) is 0 Å². The van der Waals surface area contributed by atoms with E-state index in [0.717, 1.165) is 11.0 Å². The third kappa shape index (κ3) is 4.23. The number of hydrogen-bond donors (Lipinski definition) is 1. The maximum absolute atomic E-state index is 11.8. The second-order valence-electron chi connectivity index (χ2n) is 4.84. The number of nitro benzene ring substituents is 1. The molecule has 1 saturated carbocycles. The molecule has 0 spiro atoms. The number of non-ortho nitro benzene ring substituents is 1. The van der Waals surface area contributed by atoms with Gasteiger partial charge in [0.1, 0.15) is 0 Å². The maximum Gasteiger partial charge on any atom is 0.269 e. The van der Waals surface area contributed by atoms with Crippen LogP contribution in [0.5, 0.6) is 0 Å². The lowest BCUT2D eigenvalue weighted by Crippen LogP contribution is -2.26. The number of nitrogens with one attached hydrogen (secondary N) is 1. The molecule has 0 unspecified atom stereocenters. The molecule has 1 aliphatic carbocycles. The molecule has 0 saturated heterocycles. The van der Waals surface area contributed by atoms with Gasteiger partial charge in [-0.25, -0.2) is 0 Å². The van der Waals surface area contributed by atoms with Gasteiger partial charge in [-0.2, -0.15) is 11.8 Å². The molecule has 1 aromatic carbocycles. The molecule has 6 heteroatoms. The first-order chi connectivity index (χ1) is 9.66. The van der Waals surface area contributed by atoms with Crippen LogP contribution in [-0.2, 0) is 0 Å². The van der Waals surface area contributed by atoms with Gasteiger partial charge in [-0.15, -0.1) is 0 Å². The van der Waals surface area contributed by atoms with E-state index in [-0.39, 0.29) is 11.6 Å². The zero-order chi connectivity index (χ0) is 14.4. The Kier molecular flexibility index (Phi) is 5.40. The second-order valence-corrected chi connectivity index (χ2v) is 6.25. The first-order valence-electron chi connectivity index (χ1n) is 6.81. The van der Waals surface area contributed by atoms with Gasteiger partial charge < -0.3 is 5.32 Å². The molecule has 0 aromatic heterocycles. The number of rotatable bonds is 6. The van der Waals surface area contributed by atoms with Gasteiger partial charge in [0.05, 0.1) is 4.92 Å². The van der Waals surface area contributed by atoms with Crippen molar-refractivity contribution in [2.45, 2.75) is 30.9 Å². The summed E-state index contributed by atoms with van der Waals surface area (Å²) in [6.45, 7) is 0.636. The van der Waals surface area contributed by atoms with Crippen LogP contribution < -0.4 is 5.32 Å². The molecule has 2 rings (SSSR count). The van der Waals surface area contributed by atoms with E-state index < -0.39 is 4.92 Å². The van der Waals surface area contributed by atoms with E-state index in [1.54, 1.807) is 0 Å². The van der Waals surface area contributed by atoms with E-state index in [1.807, 2.05) is 11.8 Å². The first-order valence-corrected chi connectivity index (χ1v) is 7.86. The normalized spacial score (nSPS) is 15.2. The molecule has 108 valence electrons. The summed E-state index contributed by atoms with van der Waals surface area (Å²) in [5.74, 6) is 0.746. The molecule has 5 nitrogen and oxygen atoms in total. The van der Waals surface area contributed by atoms with Gasteiger partial charge in [0, 0.05) is 35.2 Å². The number of carbonyl (C=O) groups excluding carboxylic acids is 1. The van der Waals surface area contributed by atoms with Crippen molar-refractivity contribution in [1.82, 2.24) is 5.32 Å². The Hall–Kier alpha value is -1.56. The number of thioether (sulfide) groups is 1. The van der Waals surface area contributed by atoms with Gasteiger partial charge in [-0.05, 0) is 25.0 Å². The van der Waals surface area contributed by atoms with Crippen molar-refractivity contribution >= 4 is 23.4 Å². The molecule has 0 bridgehead atoms. The summed E-state index contributed by atoms with van der Waals surface area (Å²) < 4.78 is 0. The van der Waals surface area contributed by atoms with Gasteiger partial charge in [0.25, 0.3) is 11.6 Å². The summed E-state index contributed by atoms with van der Waals surface area (Å²) in [5, 5.41) is 14.1. The number of nitro groups is 1. The smallest absolute Gasteiger partial charge is 0.269 e. The average molecular weight is 294 g/mol. The topological polar surface area (TPSA) is 72.2 Å². The third-order valence-electron chi connectivity index (χ3n) is 3.38. The fraction of sp³-hybridized carbons (Fsp3) is 0.500. The average Bonchev–Trinajstić information content (AvgIpc) is 2.96. The quantitative estimate of drug-likeness (QED) is 0.497. The van der Waals surface area contributed by atoms with Gasteiger partial charge in [0.15, 0.2) is 0 Å². The van der Waals surface area contributed by atoms with Gasteiger partial charge in [0.2, 0.25) is 0 Å². The molecule has 20 heavy (non-hydrogen) atoms. The molecule has 0 atom stereocenters. The van der Waals surface area contributed by atoms with Crippen LogP contribution in [0.15, 0.2) is 24.3 Å². The number of hydrogen-bond acceptors (Lipinski definition) is 4. The highest BCUT2D eigenvalue weighted by atomic mass is 32.2. The van der Waals surface area contributed by atoms with Gasteiger partial charge in [-0.3, -0.25) is 14.9 Å². The minimum atomic E-state index is -0.472. The van der Waals surface area contributed by atoms with E-state index in [0.29, 0.717) is 12.1 Å². The lowest BCUT2D eigenvalue weighted by Gasteiger charge is -2.09. The van der Waals surface area contributed by atoms with Crippen LogP contribution in [0.3, 0.4) is 0 Å². The number of nitrogens with zero attached hydrogens (tertiary/aromatic N) is 1. The fourth-order valence-corrected chi connectivity index (χ4v) is 3.50. The summed E-state index contributed by atoms with van der Waals surface area (Å²) in [5.41, 5.74) is 0.458. The summed E-state index contributed by atoms with van der Waals surface area (Å²) in [6, 6.07) is 5.67. The summed E-state index contributed by atoms with van der Waals surface area (Å²) in [7, 11) is 0. The van der Waals surface area contributed by atoms with Crippen molar-refractivity contribution in [3.05, 3.63) is 39.9 Å². The minimum absolute atomic E-state index is 0.00154. The Balaban J connectivity index is 1.72. The SMILES string of the molecule is O=C(NCCSC1CCCC1)c1ccc([N+](=O)[O-])cc1. The van der Waals surface area contributed by atoms with Crippen LogP contribution in [0.1, 0.15) is 36.0 Å². The standard InChI is InChI=1S/C14H18N2O3S/c17-14(11-5-7-12(8-6-11)16(18)19)15-9-10-20-13-3-1-2-4-13/h5-8,13H,1-4,9-10H2,(H,15,17). The van der Waals surface area contributed by atoms with Crippen LogP contribution in [0, 0.1) is 10.1 Å². The summed E-state index contributed by atoms with van der Waals surface area (Å²) in [4.78, 5) is 21.9. The number of benzene rings is 1. The monoisotopic (exact) mass is 294 g/mol. The van der Waals surface area contributed by atoms with Crippen LogP contribution in [0.25, 0.3) is 0 Å². The zero-order valence-electron chi connectivity index (χ0n) is 11.2. The molecule has 1 amide bonds. The van der Waals surface area contributed by atoms with Gasteiger partial charge in [-0.1, -0.05) is 12.8 Å². The van der Waals surface area contributed by atoms with Crippen molar-refractivity contribution < 1.29 is 9.72 Å². The van der Waals surface area contributed by atoms with Crippen LogP contribution in [0.2, 0.25) is 0 Å².